The van der Waals surface area contributed by atoms with Crippen molar-refractivity contribution in [2.45, 2.75) is 6.61 Å². The minimum Gasteiger partial charge on any atom is -0.454 e. The molecule has 0 atom stereocenters. The topological polar surface area (TPSA) is 103 Å². The molecule has 138 valence electrons. The van der Waals surface area contributed by atoms with Crippen molar-refractivity contribution >= 4 is 28.5 Å². The van der Waals surface area contributed by atoms with E-state index in [1.165, 1.54) is 0 Å². The number of benzene rings is 1. The van der Waals surface area contributed by atoms with Crippen molar-refractivity contribution in [2.24, 2.45) is 0 Å². The van der Waals surface area contributed by atoms with Gasteiger partial charge in [-0.15, -0.1) is 0 Å². The molecule has 0 spiro atoms. The van der Waals surface area contributed by atoms with Gasteiger partial charge >= 0.3 is 5.97 Å². The summed E-state index contributed by atoms with van der Waals surface area (Å²) in [5.41, 5.74) is 7.10. The lowest BCUT2D eigenvalue weighted by Crippen LogP contribution is -2.37. The van der Waals surface area contributed by atoms with E-state index in [0.717, 1.165) is 5.39 Å². The van der Waals surface area contributed by atoms with Gasteiger partial charge in [0.25, 0.3) is 0 Å². The van der Waals surface area contributed by atoms with Gasteiger partial charge in [-0.05, 0) is 24.3 Å². The highest BCUT2D eigenvalue weighted by molar-refractivity contribution is 5.94. The molecule has 0 radical (unpaired) electrons. The van der Waals surface area contributed by atoms with Crippen molar-refractivity contribution < 1.29 is 14.3 Å². The Morgan fingerprint density at radius 3 is 2.81 bits per heavy atom. The second kappa shape index (κ2) is 7.55. The molecule has 1 saturated heterocycles. The number of para-hydroxylation sites is 1. The van der Waals surface area contributed by atoms with Crippen LogP contribution in [0, 0.1) is 0 Å². The van der Waals surface area contributed by atoms with Crippen LogP contribution in [0.4, 0.5) is 11.6 Å². The predicted octanol–water partition coefficient (Wildman–Crippen LogP) is 1.80. The summed E-state index contributed by atoms with van der Waals surface area (Å²) in [5, 5.41) is 0.773. The number of esters is 1. The monoisotopic (exact) mass is 365 g/mol. The molecule has 1 aliphatic rings. The quantitative estimate of drug-likeness (QED) is 0.698. The van der Waals surface area contributed by atoms with Crippen LogP contribution in [0.5, 0.6) is 0 Å². The Bertz CT molecular complexity index is 972. The smallest absolute Gasteiger partial charge is 0.342 e. The summed E-state index contributed by atoms with van der Waals surface area (Å²) >= 11 is 0. The van der Waals surface area contributed by atoms with E-state index < -0.39 is 5.97 Å². The molecule has 3 heterocycles. The highest BCUT2D eigenvalue weighted by Gasteiger charge is 2.21. The Kier molecular flexibility index (Phi) is 4.80. The van der Waals surface area contributed by atoms with Gasteiger partial charge in [-0.3, -0.25) is 0 Å². The number of morpholine rings is 1. The first-order valence-electron chi connectivity index (χ1n) is 8.68. The minimum absolute atomic E-state index is 0.0642. The van der Waals surface area contributed by atoms with Crippen molar-refractivity contribution in [3.63, 3.8) is 0 Å². The van der Waals surface area contributed by atoms with E-state index in [9.17, 15) is 4.79 Å². The van der Waals surface area contributed by atoms with E-state index in [1.54, 1.807) is 18.3 Å². The molecular weight excluding hydrogens is 346 g/mol. The lowest BCUT2D eigenvalue weighted by molar-refractivity contribution is 0.0462. The molecule has 27 heavy (non-hydrogen) atoms. The van der Waals surface area contributed by atoms with Gasteiger partial charge in [0.2, 0.25) is 0 Å². The van der Waals surface area contributed by atoms with Gasteiger partial charge in [0.15, 0.2) is 12.4 Å². The molecule has 0 saturated carbocycles. The number of nitrogens with zero attached hydrogens (tertiary/aromatic N) is 4. The van der Waals surface area contributed by atoms with Crippen molar-refractivity contribution in [3.8, 4) is 0 Å². The molecule has 4 rings (SSSR count). The Labute approximate surface area is 156 Å². The summed E-state index contributed by atoms with van der Waals surface area (Å²) in [6.07, 6.45) is 1.66. The molecule has 1 fully saturated rings. The fourth-order valence-corrected chi connectivity index (χ4v) is 3.01. The van der Waals surface area contributed by atoms with Crippen LogP contribution in [0.1, 0.15) is 16.2 Å². The first-order valence-corrected chi connectivity index (χ1v) is 8.68. The fourth-order valence-electron chi connectivity index (χ4n) is 3.01. The first-order chi connectivity index (χ1) is 13.2. The number of hydrogen-bond acceptors (Lipinski definition) is 8. The Morgan fingerprint density at radius 1 is 1.15 bits per heavy atom. The van der Waals surface area contributed by atoms with Crippen LogP contribution >= 0.6 is 0 Å². The zero-order chi connectivity index (χ0) is 18.6. The van der Waals surface area contributed by atoms with Gasteiger partial charge in [-0.25, -0.2) is 19.7 Å². The zero-order valence-corrected chi connectivity index (χ0v) is 14.7. The Hall–Kier alpha value is -3.26. The van der Waals surface area contributed by atoms with Crippen LogP contribution in [0.25, 0.3) is 10.9 Å². The maximum atomic E-state index is 12.6. The van der Waals surface area contributed by atoms with E-state index in [2.05, 4.69) is 15.0 Å². The second-order valence-corrected chi connectivity index (χ2v) is 6.09. The zero-order valence-electron chi connectivity index (χ0n) is 14.7. The third kappa shape index (κ3) is 3.65. The van der Waals surface area contributed by atoms with Crippen LogP contribution < -0.4 is 10.6 Å². The summed E-state index contributed by atoms with van der Waals surface area (Å²) in [6.45, 7) is 2.51. The molecule has 1 aromatic carbocycles. The number of fused-ring (bicyclic) bond motifs is 1. The van der Waals surface area contributed by atoms with E-state index in [-0.39, 0.29) is 6.61 Å². The van der Waals surface area contributed by atoms with Gasteiger partial charge in [0.1, 0.15) is 17.2 Å². The number of ether oxygens (including phenoxy) is 2. The number of rotatable bonds is 4. The van der Waals surface area contributed by atoms with Gasteiger partial charge in [0, 0.05) is 24.7 Å². The number of nitrogens with two attached hydrogens (primary N) is 1. The summed E-state index contributed by atoms with van der Waals surface area (Å²) in [6, 6.07) is 10.9. The van der Waals surface area contributed by atoms with Crippen LogP contribution in [-0.4, -0.2) is 47.2 Å². The fraction of sp³-hybridized carbons (Fsp3) is 0.263. The molecule has 2 N–H and O–H groups in total. The van der Waals surface area contributed by atoms with E-state index in [0.29, 0.717) is 54.8 Å². The molecule has 8 nitrogen and oxygen atoms in total. The third-order valence-corrected chi connectivity index (χ3v) is 4.33. The number of carbonyl (C=O) groups excluding carboxylic acids is 1. The van der Waals surface area contributed by atoms with Gasteiger partial charge < -0.3 is 20.1 Å². The second-order valence-electron chi connectivity index (χ2n) is 6.09. The molecule has 3 aromatic rings. The molecule has 0 bridgehead atoms. The molecule has 8 heteroatoms. The van der Waals surface area contributed by atoms with Crippen molar-refractivity contribution in [1.82, 2.24) is 15.0 Å². The molecule has 0 amide bonds. The Morgan fingerprint density at radius 2 is 1.96 bits per heavy atom. The average Bonchev–Trinajstić information content (AvgIpc) is 2.73. The normalized spacial score (nSPS) is 14.3. The van der Waals surface area contributed by atoms with Crippen LogP contribution in [0.2, 0.25) is 0 Å². The number of hydrogen-bond donors (Lipinski definition) is 1. The summed E-state index contributed by atoms with van der Waals surface area (Å²) in [7, 11) is 0. The summed E-state index contributed by atoms with van der Waals surface area (Å²) in [5.74, 6) is 0.850. The number of pyridine rings is 1. The number of nitrogen functional groups attached to an aromatic ring is 1. The lowest BCUT2D eigenvalue weighted by Gasteiger charge is -2.28. The van der Waals surface area contributed by atoms with Gasteiger partial charge in [-0.1, -0.05) is 12.1 Å². The SMILES string of the molecule is Nc1nc(COC(=O)c2cccnc2N2CCOCC2)nc2ccccc12. The highest BCUT2D eigenvalue weighted by Crippen LogP contribution is 2.21. The average molecular weight is 365 g/mol. The number of aromatic nitrogens is 3. The molecule has 1 aliphatic heterocycles. The minimum atomic E-state index is -0.472. The van der Waals surface area contributed by atoms with Gasteiger partial charge in [0.05, 0.1) is 18.7 Å². The Balaban J connectivity index is 1.52. The van der Waals surface area contributed by atoms with E-state index in [1.807, 2.05) is 29.2 Å². The summed E-state index contributed by atoms with van der Waals surface area (Å²) in [4.78, 5) is 27.6. The molecule has 0 unspecified atom stereocenters. The number of anilines is 2. The third-order valence-electron chi connectivity index (χ3n) is 4.33. The first kappa shape index (κ1) is 17.2. The lowest BCUT2D eigenvalue weighted by atomic mass is 10.2. The van der Waals surface area contributed by atoms with Crippen molar-refractivity contribution in [3.05, 3.63) is 54.0 Å². The van der Waals surface area contributed by atoms with Crippen molar-refractivity contribution in [1.29, 1.82) is 0 Å². The molecular formula is C19H19N5O3. The van der Waals surface area contributed by atoms with E-state index >= 15 is 0 Å². The van der Waals surface area contributed by atoms with Gasteiger partial charge in [-0.2, -0.15) is 0 Å². The molecule has 2 aromatic heterocycles. The molecule has 0 aliphatic carbocycles. The maximum absolute atomic E-state index is 12.6. The van der Waals surface area contributed by atoms with Crippen LogP contribution in [0.3, 0.4) is 0 Å². The maximum Gasteiger partial charge on any atom is 0.342 e. The summed E-state index contributed by atoms with van der Waals surface area (Å²) < 4.78 is 10.8. The van der Waals surface area contributed by atoms with Crippen LogP contribution in [-0.2, 0) is 16.1 Å². The standard InChI is InChI=1S/C19H19N5O3/c20-17-13-4-1-2-6-15(13)22-16(23-17)12-27-19(25)14-5-3-7-21-18(14)24-8-10-26-11-9-24/h1-7H,8-12H2,(H2,20,22,23). The highest BCUT2D eigenvalue weighted by atomic mass is 16.5. The largest absolute Gasteiger partial charge is 0.454 e. The van der Waals surface area contributed by atoms with Crippen molar-refractivity contribution in [2.75, 3.05) is 36.9 Å². The number of carbonyl (C=O) groups is 1. The predicted molar refractivity (Wildman–Crippen MR) is 100 cm³/mol. The van der Waals surface area contributed by atoms with Crippen LogP contribution in [0.15, 0.2) is 42.6 Å². The van der Waals surface area contributed by atoms with E-state index in [4.69, 9.17) is 15.2 Å².